The van der Waals surface area contributed by atoms with Gasteiger partial charge in [-0.3, -0.25) is 0 Å². The van der Waals surface area contributed by atoms with Crippen LogP contribution < -0.4 is 0 Å². The summed E-state index contributed by atoms with van der Waals surface area (Å²) in [6.45, 7) is 12.6. The van der Waals surface area contributed by atoms with Crippen LogP contribution in [0, 0.1) is 11.8 Å². The van der Waals surface area contributed by atoms with Crippen LogP contribution in [0.1, 0.15) is 68.4 Å². The van der Waals surface area contributed by atoms with Gasteiger partial charge in [-0.1, -0.05) is 0 Å². The molecule has 0 heterocycles. The van der Waals surface area contributed by atoms with Crippen molar-refractivity contribution in [3.63, 3.8) is 0 Å². The second-order valence-corrected chi connectivity index (χ2v) is 73.8. The van der Waals surface area contributed by atoms with Crippen LogP contribution in [0.25, 0.3) is 34.4 Å². The second-order valence-electron chi connectivity index (χ2n) is 14.5. The molecule has 0 N–H and O–H groups in total. The predicted molar refractivity (Wildman–Crippen MR) is 195 cm³/mol. The van der Waals surface area contributed by atoms with Crippen molar-refractivity contribution in [2.24, 2.45) is 11.8 Å². The number of rotatable bonds is 7. The molecule has 4 aromatic carbocycles. The molecule has 0 saturated carbocycles. The van der Waals surface area contributed by atoms with Gasteiger partial charge in [0.2, 0.25) is 0 Å². The summed E-state index contributed by atoms with van der Waals surface area (Å²) in [4.78, 5) is 0. The number of alkyl halides is 6. The molecule has 0 aliphatic heterocycles. The molecule has 10 heteroatoms. The van der Waals surface area contributed by atoms with E-state index in [1.165, 1.54) is 24.3 Å². The quantitative estimate of drug-likeness (QED) is 0.128. The Morgan fingerprint density at radius 2 is 0.880 bits per heavy atom. The molecule has 0 spiro atoms. The number of halogens is 8. The van der Waals surface area contributed by atoms with Gasteiger partial charge in [-0.25, -0.2) is 0 Å². The van der Waals surface area contributed by atoms with Crippen molar-refractivity contribution >= 4 is 35.3 Å². The summed E-state index contributed by atoms with van der Waals surface area (Å²) in [5.74, 6) is -2.08. The van der Waals surface area contributed by atoms with Gasteiger partial charge in [-0.05, 0) is 0 Å². The Kier molecular flexibility index (Phi) is 9.66. The van der Waals surface area contributed by atoms with Gasteiger partial charge in [0, 0.05) is 0 Å². The monoisotopic (exact) mass is 911 g/mol. The summed E-state index contributed by atoms with van der Waals surface area (Å²) in [6, 6.07) is 22.2. The summed E-state index contributed by atoms with van der Waals surface area (Å²) in [5, 5.41) is 0. The van der Waals surface area contributed by atoms with E-state index in [1.54, 1.807) is 36.4 Å². The Balaban J connectivity index is 1.64. The number of fused-ring (bicyclic) bond motifs is 2. The van der Waals surface area contributed by atoms with Crippen molar-refractivity contribution in [2.45, 2.75) is 60.5 Å². The molecule has 50 heavy (non-hydrogen) atoms. The normalized spacial score (nSPS) is 18.6. The first kappa shape index (κ1) is 37.4. The number of hydrogen-bond donors (Lipinski definition) is 0. The zero-order chi connectivity index (χ0) is 36.6. The average Bonchev–Trinajstić information content (AvgIpc) is 3.65. The van der Waals surface area contributed by atoms with E-state index in [2.05, 4.69) is 40.8 Å². The molecule has 2 atom stereocenters. The van der Waals surface area contributed by atoms with Gasteiger partial charge in [0.15, 0.2) is 0 Å². The van der Waals surface area contributed by atoms with Gasteiger partial charge in [-0.2, -0.15) is 0 Å². The van der Waals surface area contributed by atoms with Crippen LogP contribution in [0.5, 0.6) is 0 Å². The van der Waals surface area contributed by atoms with Crippen molar-refractivity contribution in [3.8, 4) is 22.3 Å². The molecule has 0 nitrogen and oxygen atoms in total. The maximum atomic E-state index is 14.3. The molecule has 0 radical (unpaired) electrons. The predicted octanol–water partition coefficient (Wildman–Crippen LogP) is 13.9. The van der Waals surface area contributed by atoms with Crippen LogP contribution >= 0.6 is 17.2 Å². The molecule has 2 aliphatic rings. The van der Waals surface area contributed by atoms with E-state index in [-0.39, 0.29) is 30.3 Å². The molecule has 0 aromatic heterocycles. The van der Waals surface area contributed by atoms with E-state index in [4.69, 9.17) is 17.2 Å². The van der Waals surface area contributed by atoms with Crippen molar-refractivity contribution in [3.05, 3.63) is 129 Å². The van der Waals surface area contributed by atoms with Gasteiger partial charge in [0.25, 0.3) is 0 Å². The van der Waals surface area contributed by atoms with Crippen LogP contribution in [0.4, 0.5) is 26.3 Å². The van der Waals surface area contributed by atoms with Crippen molar-refractivity contribution < 1.29 is 41.6 Å². The van der Waals surface area contributed by atoms with Gasteiger partial charge < -0.3 is 0 Å². The van der Waals surface area contributed by atoms with Gasteiger partial charge in [0.1, 0.15) is 0 Å². The Labute approximate surface area is 299 Å². The van der Waals surface area contributed by atoms with Crippen LogP contribution in [-0.4, -0.2) is 5.98 Å². The topological polar surface area (TPSA) is 0 Å². The Morgan fingerprint density at radius 1 is 0.540 bits per heavy atom. The summed E-state index contributed by atoms with van der Waals surface area (Å²) in [6.07, 6.45) is -5.06. The molecular formula is C40H39Cl2F6HfSi. The fraction of sp³-hybridized carbons (Fsp3) is 0.300. The Bertz CT molecular complexity index is 1900. The summed E-state index contributed by atoms with van der Waals surface area (Å²) >= 11 is -5.56. The number of allylic oxidation sites excluding steroid dienone is 2. The van der Waals surface area contributed by atoms with E-state index >= 15 is 0 Å². The molecule has 0 amide bonds. The second kappa shape index (κ2) is 12.9. The van der Waals surface area contributed by atoms with E-state index in [1.807, 2.05) is 24.3 Å². The zero-order valence-corrected chi connectivity index (χ0v) is 34.9. The minimum absolute atomic E-state index is 0.0174. The first-order valence-corrected chi connectivity index (χ1v) is 39.0. The maximum absolute atomic E-state index is 14.3. The van der Waals surface area contributed by atoms with Crippen LogP contribution in [-0.2, 0) is 27.7 Å². The zero-order valence-electron chi connectivity index (χ0n) is 28.6. The number of benzene rings is 4. The summed E-state index contributed by atoms with van der Waals surface area (Å²) < 4.78 is 85.2. The van der Waals surface area contributed by atoms with Crippen molar-refractivity contribution in [1.82, 2.24) is 0 Å². The molecule has 2 unspecified atom stereocenters. The molecule has 2 aliphatic carbocycles. The Hall–Kier alpha value is -2.39. The third-order valence-electron chi connectivity index (χ3n) is 10.8. The van der Waals surface area contributed by atoms with E-state index < -0.39 is 44.8 Å². The first-order valence-electron chi connectivity index (χ1n) is 16.9. The molecule has 0 fully saturated rings. The molecule has 6 rings (SSSR count). The van der Waals surface area contributed by atoms with Gasteiger partial charge >= 0.3 is 301 Å². The van der Waals surface area contributed by atoms with Crippen LogP contribution in [0.3, 0.4) is 0 Å². The molecule has 263 valence electrons. The minimum atomic E-state index is -5.56. The fourth-order valence-corrected chi connectivity index (χ4v) is 52.9. The van der Waals surface area contributed by atoms with E-state index in [0.717, 1.165) is 34.4 Å². The van der Waals surface area contributed by atoms with Crippen LogP contribution in [0.2, 0.25) is 13.1 Å². The summed E-state index contributed by atoms with van der Waals surface area (Å²) in [7, 11) is 17.0. The van der Waals surface area contributed by atoms with Crippen molar-refractivity contribution in [2.75, 3.05) is 0 Å². The first-order chi connectivity index (χ1) is 23.3. The molecular weight excluding hydrogens is 872 g/mol. The van der Waals surface area contributed by atoms with E-state index in [9.17, 15) is 26.3 Å². The third kappa shape index (κ3) is 5.94. The van der Waals surface area contributed by atoms with Gasteiger partial charge in [-0.15, -0.1) is 0 Å². The molecule has 0 bridgehead atoms. The molecule has 4 aromatic rings. The Morgan fingerprint density at radius 3 is 1.20 bits per heavy atom. The van der Waals surface area contributed by atoms with E-state index in [0.29, 0.717) is 22.3 Å². The average molecular weight is 911 g/mol. The third-order valence-corrected chi connectivity index (χ3v) is 83.4. The van der Waals surface area contributed by atoms with Crippen LogP contribution in [0.15, 0.2) is 96.1 Å². The standard InChI is InChI=1S/2C19H16F3.C2H7Si.2ClH.Hf/c2*1-12(2)14-10-13-6-5-8-15(17(13)11-14)16-7-3-4-9-18(16)19(20,21)22;1-3-2;;;/h2*3-12H,1-2H3;3H,1-2H3;2*1H;/q;;;;;+2/p-2. The molecule has 0 saturated heterocycles. The fourth-order valence-electron chi connectivity index (χ4n) is 8.32. The SMILES string of the molecule is CC(C)C1=Cc2c(-c3ccccc3C(F)(F)F)cccc2[CH]1[Hf]([Cl])([Cl])([CH]1C(C(C)C)=Cc2c(-c3ccccc3C(F)(F)F)cccc21)[SiH](C)C. The van der Waals surface area contributed by atoms with Crippen molar-refractivity contribution in [1.29, 1.82) is 0 Å². The van der Waals surface area contributed by atoms with Gasteiger partial charge in [0.05, 0.1) is 0 Å². The summed E-state index contributed by atoms with van der Waals surface area (Å²) in [5.41, 5.74) is 4.85. The number of hydrogen-bond acceptors (Lipinski definition) is 0.